The number of aromatic nitrogens is 2. The predicted octanol–water partition coefficient (Wildman–Crippen LogP) is 3.80. The molecule has 3 rings (SSSR count). The number of hydrogen-bond acceptors (Lipinski definition) is 2. The Balaban J connectivity index is 2.08. The molecule has 0 N–H and O–H groups in total. The van der Waals surface area contributed by atoms with Crippen LogP contribution in [0.3, 0.4) is 0 Å². The predicted molar refractivity (Wildman–Crippen MR) is 79.1 cm³/mol. The minimum atomic E-state index is -0.299. The average molecular weight is 280 g/mol. The second-order valence-corrected chi connectivity index (χ2v) is 4.83. The van der Waals surface area contributed by atoms with Gasteiger partial charge < -0.3 is 0 Å². The molecule has 2 aromatic carbocycles. The van der Waals surface area contributed by atoms with Gasteiger partial charge in [-0.25, -0.2) is 9.07 Å². The molecule has 0 saturated heterocycles. The summed E-state index contributed by atoms with van der Waals surface area (Å²) in [5.74, 6) is -0.299. The average Bonchev–Trinajstić information content (AvgIpc) is 2.93. The first-order valence-electron chi connectivity index (χ1n) is 6.55. The largest absolute Gasteiger partial charge is 0.296 e. The molecule has 21 heavy (non-hydrogen) atoms. The van der Waals surface area contributed by atoms with Crippen molar-refractivity contribution >= 4 is 6.29 Å². The van der Waals surface area contributed by atoms with Crippen LogP contribution in [-0.4, -0.2) is 16.1 Å². The molecular formula is C17H13FN2O. The zero-order chi connectivity index (χ0) is 14.8. The van der Waals surface area contributed by atoms with E-state index >= 15 is 0 Å². The standard InChI is InChI=1S/C17H13FN2O/c1-12-2-8-15(9-3-12)20-16(11-21)10-17(19-20)13-4-6-14(18)7-5-13/h2-11H,1H3. The van der Waals surface area contributed by atoms with Gasteiger partial charge in [0.15, 0.2) is 6.29 Å². The normalized spacial score (nSPS) is 10.6. The highest BCUT2D eigenvalue weighted by molar-refractivity contribution is 5.77. The van der Waals surface area contributed by atoms with E-state index < -0.39 is 0 Å². The van der Waals surface area contributed by atoms with Crippen molar-refractivity contribution in [2.45, 2.75) is 6.92 Å². The minimum Gasteiger partial charge on any atom is -0.296 e. The van der Waals surface area contributed by atoms with Crippen molar-refractivity contribution in [2.75, 3.05) is 0 Å². The molecule has 0 amide bonds. The van der Waals surface area contributed by atoms with Gasteiger partial charge in [-0.05, 0) is 49.4 Å². The van der Waals surface area contributed by atoms with Crippen LogP contribution < -0.4 is 0 Å². The highest BCUT2D eigenvalue weighted by Crippen LogP contribution is 2.21. The first-order valence-corrected chi connectivity index (χ1v) is 6.55. The fraction of sp³-hybridized carbons (Fsp3) is 0.0588. The van der Waals surface area contributed by atoms with E-state index in [2.05, 4.69) is 5.10 Å². The molecule has 0 unspecified atom stereocenters. The van der Waals surface area contributed by atoms with E-state index in [1.807, 2.05) is 31.2 Å². The maximum atomic E-state index is 13.0. The highest BCUT2D eigenvalue weighted by atomic mass is 19.1. The number of aryl methyl sites for hydroxylation is 1. The zero-order valence-electron chi connectivity index (χ0n) is 11.5. The van der Waals surface area contributed by atoms with Gasteiger partial charge in [0.1, 0.15) is 11.5 Å². The van der Waals surface area contributed by atoms with Gasteiger partial charge in [0.05, 0.1) is 11.4 Å². The smallest absolute Gasteiger partial charge is 0.168 e. The Labute approximate surface area is 121 Å². The summed E-state index contributed by atoms with van der Waals surface area (Å²) in [7, 11) is 0. The van der Waals surface area contributed by atoms with E-state index in [1.54, 1.807) is 22.9 Å². The van der Waals surface area contributed by atoms with E-state index in [9.17, 15) is 9.18 Å². The number of benzene rings is 2. The molecule has 0 aliphatic heterocycles. The van der Waals surface area contributed by atoms with Crippen molar-refractivity contribution in [1.82, 2.24) is 9.78 Å². The van der Waals surface area contributed by atoms with Crippen molar-refractivity contribution in [1.29, 1.82) is 0 Å². The molecule has 0 atom stereocenters. The maximum absolute atomic E-state index is 13.0. The van der Waals surface area contributed by atoms with Crippen LogP contribution in [-0.2, 0) is 0 Å². The van der Waals surface area contributed by atoms with Gasteiger partial charge in [0, 0.05) is 5.56 Å². The summed E-state index contributed by atoms with van der Waals surface area (Å²) in [5, 5.41) is 4.44. The van der Waals surface area contributed by atoms with Gasteiger partial charge >= 0.3 is 0 Å². The molecule has 4 heteroatoms. The quantitative estimate of drug-likeness (QED) is 0.684. The number of aldehydes is 1. The van der Waals surface area contributed by atoms with E-state index in [1.165, 1.54) is 12.1 Å². The minimum absolute atomic E-state index is 0.299. The van der Waals surface area contributed by atoms with Crippen LogP contribution in [0.2, 0.25) is 0 Å². The molecule has 0 aliphatic rings. The van der Waals surface area contributed by atoms with E-state index in [0.29, 0.717) is 11.4 Å². The van der Waals surface area contributed by atoms with Crippen LogP contribution in [0.25, 0.3) is 16.9 Å². The Morgan fingerprint density at radius 2 is 1.71 bits per heavy atom. The van der Waals surface area contributed by atoms with Gasteiger partial charge in [0.2, 0.25) is 0 Å². The number of carbonyl (C=O) groups is 1. The van der Waals surface area contributed by atoms with Crippen LogP contribution >= 0.6 is 0 Å². The molecule has 3 aromatic rings. The van der Waals surface area contributed by atoms with Crippen molar-refractivity contribution in [3.8, 4) is 16.9 Å². The second-order valence-electron chi connectivity index (χ2n) is 4.83. The summed E-state index contributed by atoms with van der Waals surface area (Å²) in [6.07, 6.45) is 0.764. The van der Waals surface area contributed by atoms with E-state index in [-0.39, 0.29) is 5.82 Å². The summed E-state index contributed by atoms with van der Waals surface area (Å²) in [6, 6.07) is 15.5. The second kappa shape index (κ2) is 5.32. The van der Waals surface area contributed by atoms with Crippen molar-refractivity contribution in [2.24, 2.45) is 0 Å². The monoisotopic (exact) mass is 280 g/mol. The summed E-state index contributed by atoms with van der Waals surface area (Å²) < 4.78 is 14.6. The summed E-state index contributed by atoms with van der Waals surface area (Å²) in [4.78, 5) is 11.2. The van der Waals surface area contributed by atoms with Crippen LogP contribution in [0.15, 0.2) is 54.6 Å². The van der Waals surface area contributed by atoms with Crippen molar-refractivity contribution < 1.29 is 9.18 Å². The van der Waals surface area contributed by atoms with E-state index in [4.69, 9.17) is 0 Å². The zero-order valence-corrected chi connectivity index (χ0v) is 11.5. The highest BCUT2D eigenvalue weighted by Gasteiger charge is 2.10. The number of nitrogens with zero attached hydrogens (tertiary/aromatic N) is 2. The Kier molecular flexibility index (Phi) is 3.36. The molecule has 0 radical (unpaired) electrons. The topological polar surface area (TPSA) is 34.9 Å². The summed E-state index contributed by atoms with van der Waals surface area (Å²) in [5.41, 5.74) is 3.81. The van der Waals surface area contributed by atoms with Crippen molar-refractivity contribution in [3.05, 3.63) is 71.7 Å². The molecule has 0 saturated carbocycles. The van der Waals surface area contributed by atoms with Gasteiger partial charge in [-0.2, -0.15) is 5.10 Å². The Morgan fingerprint density at radius 3 is 2.33 bits per heavy atom. The van der Waals surface area contributed by atoms with Crippen LogP contribution in [0.4, 0.5) is 4.39 Å². The Hall–Kier alpha value is -2.75. The Bertz CT molecular complexity index is 774. The fourth-order valence-electron chi connectivity index (χ4n) is 2.13. The molecular weight excluding hydrogens is 267 g/mol. The van der Waals surface area contributed by atoms with Crippen LogP contribution in [0.5, 0.6) is 0 Å². The van der Waals surface area contributed by atoms with Gasteiger partial charge in [-0.3, -0.25) is 4.79 Å². The van der Waals surface area contributed by atoms with Crippen molar-refractivity contribution in [3.63, 3.8) is 0 Å². The molecule has 0 aliphatic carbocycles. The van der Waals surface area contributed by atoms with E-state index in [0.717, 1.165) is 23.1 Å². The first kappa shape index (κ1) is 13.2. The maximum Gasteiger partial charge on any atom is 0.168 e. The van der Waals surface area contributed by atoms with Crippen LogP contribution in [0, 0.1) is 12.7 Å². The molecule has 1 aromatic heterocycles. The van der Waals surface area contributed by atoms with Gasteiger partial charge in [0.25, 0.3) is 0 Å². The lowest BCUT2D eigenvalue weighted by molar-refractivity contribution is 0.111. The fourth-order valence-corrected chi connectivity index (χ4v) is 2.13. The molecule has 0 bridgehead atoms. The molecule has 0 spiro atoms. The Morgan fingerprint density at radius 1 is 1.05 bits per heavy atom. The number of rotatable bonds is 3. The van der Waals surface area contributed by atoms with Gasteiger partial charge in [-0.1, -0.05) is 17.7 Å². The molecule has 1 heterocycles. The summed E-state index contributed by atoms with van der Waals surface area (Å²) in [6.45, 7) is 2.00. The first-order chi connectivity index (χ1) is 10.2. The third kappa shape index (κ3) is 2.60. The number of hydrogen-bond donors (Lipinski definition) is 0. The lowest BCUT2D eigenvalue weighted by Crippen LogP contribution is -2.01. The SMILES string of the molecule is Cc1ccc(-n2nc(-c3ccc(F)cc3)cc2C=O)cc1. The van der Waals surface area contributed by atoms with Gasteiger partial charge in [-0.15, -0.1) is 0 Å². The third-order valence-electron chi connectivity index (χ3n) is 3.28. The number of halogens is 1. The molecule has 0 fully saturated rings. The summed E-state index contributed by atoms with van der Waals surface area (Å²) >= 11 is 0. The van der Waals surface area contributed by atoms with Crippen LogP contribution in [0.1, 0.15) is 16.1 Å². The molecule has 104 valence electrons. The molecule has 3 nitrogen and oxygen atoms in total. The lowest BCUT2D eigenvalue weighted by atomic mass is 10.1. The third-order valence-corrected chi connectivity index (χ3v) is 3.28. The number of carbonyl (C=O) groups excluding carboxylic acids is 1. The lowest BCUT2D eigenvalue weighted by Gasteiger charge is -2.03.